The van der Waals surface area contributed by atoms with Gasteiger partial charge in [0.05, 0.1) is 4.92 Å². The van der Waals surface area contributed by atoms with Crippen molar-refractivity contribution in [2.45, 2.75) is 19.4 Å². The molecule has 0 aliphatic carbocycles. The molecule has 0 atom stereocenters. The predicted molar refractivity (Wildman–Crippen MR) is 69.2 cm³/mol. The molecule has 18 heavy (non-hydrogen) atoms. The molecule has 0 amide bonds. The summed E-state index contributed by atoms with van der Waals surface area (Å²) in [5.74, 6) is 0.612. The molecule has 1 fully saturated rings. The lowest BCUT2D eigenvalue weighted by Crippen LogP contribution is -2.30. The van der Waals surface area contributed by atoms with Gasteiger partial charge < -0.3 is 10.2 Å². The molecule has 2 rings (SSSR count). The van der Waals surface area contributed by atoms with E-state index < -0.39 is 4.92 Å². The Morgan fingerprint density at radius 3 is 2.83 bits per heavy atom. The monoisotopic (exact) mass is 247 g/mol. The molecule has 0 saturated carbocycles. The summed E-state index contributed by atoms with van der Waals surface area (Å²) >= 11 is 0. The molecule has 1 aromatic rings. The number of hydrogen-bond acceptors (Lipinski definition) is 4. The van der Waals surface area contributed by atoms with E-state index in [0.717, 1.165) is 37.7 Å². The SMILES string of the molecule is O=[N+]([O-])/C=C1\NCCCCN1Cc1ccccc1. The maximum absolute atomic E-state index is 10.6. The van der Waals surface area contributed by atoms with E-state index in [1.54, 1.807) is 0 Å². The van der Waals surface area contributed by atoms with Crippen molar-refractivity contribution in [3.63, 3.8) is 0 Å². The van der Waals surface area contributed by atoms with E-state index >= 15 is 0 Å². The molecule has 1 heterocycles. The summed E-state index contributed by atoms with van der Waals surface area (Å²) in [7, 11) is 0. The normalized spacial score (nSPS) is 18.2. The average molecular weight is 247 g/mol. The fraction of sp³-hybridized carbons (Fsp3) is 0.385. The van der Waals surface area contributed by atoms with Gasteiger partial charge in [-0.15, -0.1) is 0 Å². The second kappa shape index (κ2) is 6.05. The Kier molecular flexibility index (Phi) is 4.17. The van der Waals surface area contributed by atoms with Crippen LogP contribution in [-0.2, 0) is 6.54 Å². The van der Waals surface area contributed by atoms with Crippen LogP contribution in [0.1, 0.15) is 18.4 Å². The zero-order chi connectivity index (χ0) is 12.8. The van der Waals surface area contributed by atoms with Crippen molar-refractivity contribution in [2.75, 3.05) is 13.1 Å². The molecule has 5 nitrogen and oxygen atoms in total. The van der Waals surface area contributed by atoms with Gasteiger partial charge in [0.15, 0.2) is 5.82 Å². The fourth-order valence-electron chi connectivity index (χ4n) is 2.07. The van der Waals surface area contributed by atoms with Gasteiger partial charge in [0.1, 0.15) is 0 Å². The van der Waals surface area contributed by atoms with E-state index in [1.807, 2.05) is 35.2 Å². The summed E-state index contributed by atoms with van der Waals surface area (Å²) in [5.41, 5.74) is 1.16. The third-order valence-electron chi connectivity index (χ3n) is 2.95. The van der Waals surface area contributed by atoms with Crippen LogP contribution in [0.4, 0.5) is 0 Å². The standard InChI is InChI=1S/C13H17N3O2/c17-16(18)11-13-14-8-4-5-9-15(13)10-12-6-2-1-3-7-12/h1-3,6-7,11,14H,4-5,8-10H2/b13-11+. The molecule has 1 aliphatic heterocycles. The molecule has 0 spiro atoms. The number of rotatable bonds is 3. The Hall–Kier alpha value is -2.04. The minimum atomic E-state index is -0.397. The van der Waals surface area contributed by atoms with Crippen LogP contribution in [0.3, 0.4) is 0 Å². The maximum atomic E-state index is 10.6. The van der Waals surface area contributed by atoms with Crippen molar-refractivity contribution >= 4 is 0 Å². The zero-order valence-electron chi connectivity index (χ0n) is 10.2. The highest BCUT2D eigenvalue weighted by molar-refractivity contribution is 5.15. The van der Waals surface area contributed by atoms with Gasteiger partial charge in [-0.1, -0.05) is 30.3 Å². The second-order valence-electron chi connectivity index (χ2n) is 4.34. The molecule has 1 aliphatic rings. The molecule has 1 aromatic carbocycles. The molecule has 0 aromatic heterocycles. The van der Waals surface area contributed by atoms with E-state index in [9.17, 15) is 10.1 Å². The third kappa shape index (κ3) is 3.48. The van der Waals surface area contributed by atoms with Crippen LogP contribution < -0.4 is 5.32 Å². The maximum Gasteiger partial charge on any atom is 0.274 e. The van der Waals surface area contributed by atoms with Gasteiger partial charge in [0.2, 0.25) is 0 Å². The van der Waals surface area contributed by atoms with Crippen molar-refractivity contribution in [1.82, 2.24) is 10.2 Å². The number of benzene rings is 1. The van der Waals surface area contributed by atoms with E-state index in [1.165, 1.54) is 0 Å². The summed E-state index contributed by atoms with van der Waals surface area (Å²) in [6.45, 7) is 2.35. The summed E-state index contributed by atoms with van der Waals surface area (Å²) in [6.07, 6.45) is 3.16. The van der Waals surface area contributed by atoms with Crippen LogP contribution >= 0.6 is 0 Å². The highest BCUT2D eigenvalue weighted by Crippen LogP contribution is 2.13. The first kappa shape index (κ1) is 12.4. The van der Waals surface area contributed by atoms with Gasteiger partial charge in [-0.2, -0.15) is 0 Å². The van der Waals surface area contributed by atoms with Crippen molar-refractivity contribution < 1.29 is 4.92 Å². The van der Waals surface area contributed by atoms with Crippen LogP contribution in [-0.4, -0.2) is 22.9 Å². The first-order valence-corrected chi connectivity index (χ1v) is 6.14. The molecule has 0 radical (unpaired) electrons. The largest absolute Gasteiger partial charge is 0.367 e. The van der Waals surface area contributed by atoms with E-state index in [0.29, 0.717) is 12.4 Å². The molecule has 1 saturated heterocycles. The number of nitrogens with zero attached hydrogens (tertiary/aromatic N) is 2. The Morgan fingerprint density at radius 2 is 2.11 bits per heavy atom. The molecule has 0 bridgehead atoms. The van der Waals surface area contributed by atoms with Crippen molar-refractivity contribution in [3.8, 4) is 0 Å². The molecule has 0 unspecified atom stereocenters. The Balaban J connectivity index is 2.13. The molecule has 5 heteroatoms. The van der Waals surface area contributed by atoms with Gasteiger partial charge in [-0.3, -0.25) is 10.1 Å². The summed E-state index contributed by atoms with van der Waals surface area (Å²) in [4.78, 5) is 12.3. The smallest absolute Gasteiger partial charge is 0.274 e. The highest BCUT2D eigenvalue weighted by atomic mass is 16.6. The lowest BCUT2D eigenvalue weighted by Gasteiger charge is -2.23. The van der Waals surface area contributed by atoms with Crippen LogP contribution in [0.5, 0.6) is 0 Å². The van der Waals surface area contributed by atoms with Crippen molar-refractivity contribution in [3.05, 3.63) is 58.0 Å². The lowest BCUT2D eigenvalue weighted by molar-refractivity contribution is -0.404. The lowest BCUT2D eigenvalue weighted by atomic mass is 10.2. The Labute approximate surface area is 106 Å². The molecule has 1 N–H and O–H groups in total. The topological polar surface area (TPSA) is 58.4 Å². The van der Waals surface area contributed by atoms with Gasteiger partial charge >= 0.3 is 0 Å². The third-order valence-corrected chi connectivity index (χ3v) is 2.95. The molecule has 96 valence electrons. The minimum Gasteiger partial charge on any atom is -0.367 e. The Bertz CT molecular complexity index is 431. The van der Waals surface area contributed by atoms with Gasteiger partial charge in [-0.25, -0.2) is 0 Å². The quantitative estimate of drug-likeness (QED) is 0.655. The van der Waals surface area contributed by atoms with E-state index in [-0.39, 0.29) is 0 Å². The van der Waals surface area contributed by atoms with Gasteiger partial charge in [-0.05, 0) is 18.4 Å². The summed E-state index contributed by atoms with van der Waals surface area (Å²) in [5, 5.41) is 13.8. The van der Waals surface area contributed by atoms with Crippen LogP contribution in [0.2, 0.25) is 0 Å². The number of hydrogen-bond donors (Lipinski definition) is 1. The van der Waals surface area contributed by atoms with Crippen LogP contribution in [0, 0.1) is 10.1 Å². The van der Waals surface area contributed by atoms with Crippen molar-refractivity contribution in [2.24, 2.45) is 0 Å². The van der Waals surface area contributed by atoms with E-state index in [4.69, 9.17) is 0 Å². The minimum absolute atomic E-state index is 0.397. The first-order valence-electron chi connectivity index (χ1n) is 6.14. The average Bonchev–Trinajstić information content (AvgIpc) is 2.56. The fourth-order valence-corrected chi connectivity index (χ4v) is 2.07. The van der Waals surface area contributed by atoms with E-state index in [2.05, 4.69) is 5.32 Å². The van der Waals surface area contributed by atoms with Gasteiger partial charge in [0, 0.05) is 19.6 Å². The predicted octanol–water partition coefficient (Wildman–Crippen LogP) is 1.95. The first-order chi connectivity index (χ1) is 8.75. The summed E-state index contributed by atoms with van der Waals surface area (Å²) in [6, 6.07) is 10.0. The molecular formula is C13H17N3O2. The molecular weight excluding hydrogens is 230 g/mol. The highest BCUT2D eigenvalue weighted by Gasteiger charge is 2.16. The zero-order valence-corrected chi connectivity index (χ0v) is 10.2. The number of nitrogens with one attached hydrogen (secondary N) is 1. The second-order valence-corrected chi connectivity index (χ2v) is 4.34. The van der Waals surface area contributed by atoms with Crippen molar-refractivity contribution in [1.29, 1.82) is 0 Å². The summed E-state index contributed by atoms with van der Waals surface area (Å²) < 4.78 is 0. The Morgan fingerprint density at radius 1 is 1.33 bits per heavy atom. The number of nitro groups is 1. The van der Waals surface area contributed by atoms with Gasteiger partial charge in [0.25, 0.3) is 6.20 Å². The van der Waals surface area contributed by atoms with Crippen LogP contribution in [0.15, 0.2) is 42.4 Å². The van der Waals surface area contributed by atoms with Crippen LogP contribution in [0.25, 0.3) is 0 Å².